The van der Waals surface area contributed by atoms with Crippen LogP contribution in [0.4, 0.5) is 17.1 Å². The number of nitrogens with zero attached hydrogens (tertiary/aromatic N) is 1. The second-order valence-corrected chi connectivity index (χ2v) is 15.6. The van der Waals surface area contributed by atoms with Gasteiger partial charge in [0.2, 0.25) is 0 Å². The zero-order valence-corrected chi connectivity index (χ0v) is 27.9. The van der Waals surface area contributed by atoms with Crippen molar-refractivity contribution in [3.05, 3.63) is 94.3 Å². The molecule has 2 aliphatic heterocycles. The number of fused-ring (bicyclic) bond motifs is 4. The van der Waals surface area contributed by atoms with Gasteiger partial charge in [-0.05, 0) is 122 Å². The summed E-state index contributed by atoms with van der Waals surface area (Å²) in [5, 5.41) is 0. The lowest BCUT2D eigenvalue weighted by molar-refractivity contribution is 0.486. The number of hydrogen-bond donors (Lipinski definition) is 0. The van der Waals surface area contributed by atoms with E-state index in [0.29, 0.717) is 0 Å². The van der Waals surface area contributed by atoms with Crippen molar-refractivity contribution in [1.82, 2.24) is 0 Å². The maximum absolute atomic E-state index is 10.1. The Labute approximate surface area is 293 Å². The van der Waals surface area contributed by atoms with Crippen LogP contribution in [0.25, 0.3) is 0 Å². The summed E-state index contributed by atoms with van der Waals surface area (Å²) in [4.78, 5) is 1.37. The van der Waals surface area contributed by atoms with Crippen molar-refractivity contribution in [3.8, 4) is 11.5 Å². The van der Waals surface area contributed by atoms with Crippen molar-refractivity contribution < 1.29 is 25.3 Å². The maximum atomic E-state index is 10.1. The Hall–Kier alpha value is -3.46. The summed E-state index contributed by atoms with van der Waals surface area (Å²) in [6.45, 7) is 16.6. The summed E-state index contributed by atoms with van der Waals surface area (Å²) >= 11 is 0. The third kappa shape index (κ3) is 5.21. The SMILES string of the molecule is [2H]c1c([2H])c(C(C)(C)C)c([2H])c2c1Oc1c([2H])c(C)c([2H])c3c1B2c1c([2H])c([2H])c(C2CC([2H])([2H])C([2H])([2H])C2)c([2H])c1N3c1c([2H])c(C(C)(C)C)c([2H])c(C(C)(C)C)c1[2H]. The lowest BCUT2D eigenvalue weighted by atomic mass is 9.34. The average Bonchev–Trinajstić information content (AvgIpc) is 3.30. The van der Waals surface area contributed by atoms with Crippen LogP contribution in [0.5, 0.6) is 11.5 Å². The van der Waals surface area contributed by atoms with Gasteiger partial charge in [0.05, 0.1) is 15.1 Å². The molecule has 1 aliphatic carbocycles. The van der Waals surface area contributed by atoms with E-state index in [4.69, 9.17) is 11.6 Å². The third-order valence-electron chi connectivity index (χ3n) is 8.71. The molecule has 0 atom stereocenters. The Morgan fingerprint density at radius 2 is 1.33 bits per heavy atom. The van der Waals surface area contributed by atoms with Gasteiger partial charge in [-0.2, -0.15) is 0 Å². The molecule has 0 radical (unpaired) electrons. The smallest absolute Gasteiger partial charge is 0.256 e. The summed E-state index contributed by atoms with van der Waals surface area (Å²) in [7, 11) is 0. The topological polar surface area (TPSA) is 12.5 Å². The van der Waals surface area contributed by atoms with Crippen molar-refractivity contribution in [2.45, 2.75) is 117 Å². The molecule has 3 aliphatic rings. The van der Waals surface area contributed by atoms with E-state index >= 15 is 0 Å². The highest BCUT2D eigenvalue weighted by Crippen LogP contribution is 2.45. The average molecular weight is 611 g/mol. The normalized spacial score (nSPS) is 23.3. The Morgan fingerprint density at radius 1 is 0.689 bits per heavy atom. The van der Waals surface area contributed by atoms with Gasteiger partial charge < -0.3 is 9.64 Å². The Bertz CT molecular complexity index is 2530. The Kier molecular flexibility index (Phi) is 3.99. The summed E-state index contributed by atoms with van der Waals surface area (Å²) in [5.41, 5.74) is -2.01. The molecular formula is C42H50BNO. The largest absolute Gasteiger partial charge is 0.458 e. The van der Waals surface area contributed by atoms with Gasteiger partial charge in [0.1, 0.15) is 11.5 Å². The maximum Gasteiger partial charge on any atom is 0.256 e. The van der Waals surface area contributed by atoms with E-state index in [9.17, 15) is 13.7 Å². The number of hydrogen-bond acceptors (Lipinski definition) is 2. The van der Waals surface area contributed by atoms with Crippen LogP contribution in [0, 0.1) is 6.92 Å². The van der Waals surface area contributed by atoms with Crippen LogP contribution in [-0.4, -0.2) is 6.71 Å². The van der Waals surface area contributed by atoms with Crippen molar-refractivity contribution in [2.24, 2.45) is 0 Å². The molecule has 0 bridgehead atoms. The van der Waals surface area contributed by atoms with Gasteiger partial charge in [-0.25, -0.2) is 0 Å². The highest BCUT2D eigenvalue weighted by molar-refractivity contribution is 6.99. The molecule has 0 unspecified atom stereocenters. The van der Waals surface area contributed by atoms with Crippen LogP contribution in [-0.2, 0) is 16.2 Å². The zero-order chi connectivity index (χ0) is 45.2. The molecule has 0 amide bonds. The minimum atomic E-state index is -2.34. The van der Waals surface area contributed by atoms with Gasteiger partial charge in [-0.1, -0.05) is 105 Å². The first-order valence-electron chi connectivity index (χ1n) is 23.3. The fourth-order valence-electron chi connectivity index (χ4n) is 6.08. The van der Waals surface area contributed by atoms with Crippen molar-refractivity contribution in [1.29, 1.82) is 0 Å². The highest BCUT2D eigenvalue weighted by atomic mass is 16.5. The first-order valence-corrected chi connectivity index (χ1v) is 15.8. The molecule has 0 aromatic heterocycles. The van der Waals surface area contributed by atoms with Crippen LogP contribution < -0.4 is 26.0 Å². The van der Waals surface area contributed by atoms with Gasteiger partial charge >= 0.3 is 0 Å². The predicted molar refractivity (Wildman–Crippen MR) is 194 cm³/mol. The van der Waals surface area contributed by atoms with Gasteiger partial charge in [0.25, 0.3) is 6.71 Å². The van der Waals surface area contributed by atoms with E-state index in [2.05, 4.69) is 0 Å². The molecule has 0 saturated heterocycles. The second kappa shape index (κ2) is 10.3. The molecule has 0 N–H and O–H groups in total. The van der Waals surface area contributed by atoms with Crippen LogP contribution in [0.3, 0.4) is 0 Å². The summed E-state index contributed by atoms with van der Waals surface area (Å²) < 4.78 is 147. The molecular weight excluding hydrogens is 545 g/mol. The molecule has 1 fully saturated rings. The van der Waals surface area contributed by atoms with Crippen LogP contribution in [0.15, 0.2) is 66.5 Å². The summed E-state index contributed by atoms with van der Waals surface area (Å²) in [6.07, 6.45) is -5.48. The molecule has 4 aromatic rings. The van der Waals surface area contributed by atoms with Crippen molar-refractivity contribution in [2.75, 3.05) is 4.90 Å². The number of benzene rings is 4. The molecule has 1 saturated carbocycles. The fourth-order valence-corrected chi connectivity index (χ4v) is 6.08. The van der Waals surface area contributed by atoms with Gasteiger partial charge in [-0.3, -0.25) is 0 Å². The van der Waals surface area contributed by atoms with E-state index in [-0.39, 0.29) is 121 Å². The molecule has 2 heterocycles. The Morgan fingerprint density at radius 3 is 1.96 bits per heavy atom. The third-order valence-corrected chi connectivity index (χ3v) is 8.71. The molecule has 0 spiro atoms. The predicted octanol–water partition coefficient (Wildman–Crippen LogP) is 9.95. The van der Waals surface area contributed by atoms with E-state index < -0.39 is 72.6 Å². The van der Waals surface area contributed by atoms with E-state index in [0.717, 1.165) is 0 Å². The van der Waals surface area contributed by atoms with E-state index in [1.807, 2.05) is 41.5 Å². The quantitative estimate of drug-likeness (QED) is 0.181. The number of ether oxygens (including phenoxy) is 1. The monoisotopic (exact) mass is 610 g/mol. The standard InChI is InChI=1S/C42H50BNO/c1-26-19-36-39-38(20-26)45-37-18-16-29(40(2,3)4)25-34(37)43(39)33-17-15-28(27-13-11-12-14-27)21-35(33)44(36)32-23-30(41(5,6)7)22-31(24-32)42(8,9)10/h15-25,27H,11-14H2,1-10H3/i11D2,12D2,15D,16D,17D,18D,19D,20D,21D,22D,23D,24D,25D. The van der Waals surface area contributed by atoms with Crippen LogP contribution in [0.2, 0.25) is 0 Å². The molecule has 4 aromatic carbocycles. The van der Waals surface area contributed by atoms with Gasteiger partial charge in [0, 0.05) is 22.5 Å². The molecule has 7 rings (SSSR count). The fraction of sp³-hybridized carbons (Fsp3) is 0.429. The van der Waals surface area contributed by atoms with Gasteiger partial charge in [-0.15, -0.1) is 0 Å². The van der Waals surface area contributed by atoms with E-state index in [1.54, 1.807) is 20.8 Å². The van der Waals surface area contributed by atoms with Gasteiger partial charge in [0.15, 0.2) is 0 Å². The lowest BCUT2D eigenvalue weighted by Crippen LogP contribution is -2.59. The minimum Gasteiger partial charge on any atom is -0.458 e. The van der Waals surface area contributed by atoms with Crippen LogP contribution in [0.1, 0.15) is 142 Å². The van der Waals surface area contributed by atoms with E-state index in [1.165, 1.54) is 11.8 Å². The molecule has 232 valence electrons. The van der Waals surface area contributed by atoms with Crippen molar-refractivity contribution >= 4 is 40.2 Å². The highest BCUT2D eigenvalue weighted by Gasteiger charge is 2.43. The lowest BCUT2D eigenvalue weighted by Gasteiger charge is -2.41. The second-order valence-electron chi connectivity index (χ2n) is 15.6. The zero-order valence-electron chi connectivity index (χ0n) is 42.9. The first kappa shape index (κ1) is 17.5. The molecule has 45 heavy (non-hydrogen) atoms. The summed E-state index contributed by atoms with van der Waals surface area (Å²) in [5.74, 6) is -1.39. The molecule has 3 heteroatoms. The minimum absolute atomic E-state index is 0.0143. The Balaban J connectivity index is 1.78. The molecule has 2 nitrogen and oxygen atoms in total. The van der Waals surface area contributed by atoms with Crippen LogP contribution >= 0.6 is 0 Å². The summed E-state index contributed by atoms with van der Waals surface area (Å²) in [6, 6.07) is -3.20. The number of anilines is 3. The first-order chi connectivity index (χ1) is 27.2. The number of rotatable bonds is 2. The van der Waals surface area contributed by atoms with Crippen molar-refractivity contribution in [3.63, 3.8) is 0 Å².